The van der Waals surface area contributed by atoms with Crippen LogP contribution in [0.1, 0.15) is 77.0 Å². The van der Waals surface area contributed by atoms with Crippen LogP contribution in [0.15, 0.2) is 30.9 Å². The number of rotatable bonds is 6. The first-order chi connectivity index (χ1) is 15.6. The maximum atomic E-state index is 11.1. The van der Waals surface area contributed by atoms with Gasteiger partial charge in [-0.05, 0) is 77.0 Å². The van der Waals surface area contributed by atoms with E-state index in [0.29, 0.717) is 72.8 Å². The number of halogens is 1. The van der Waals surface area contributed by atoms with Crippen molar-refractivity contribution in [2.75, 3.05) is 0 Å². The molecule has 3 aliphatic rings. The molecule has 0 bridgehead atoms. The van der Waals surface area contributed by atoms with Gasteiger partial charge in [0.1, 0.15) is 0 Å². The van der Waals surface area contributed by atoms with E-state index in [0.717, 1.165) is 38.5 Å². The predicted octanol–water partition coefficient (Wildman–Crippen LogP) is 1.21. The van der Waals surface area contributed by atoms with E-state index in [1.165, 1.54) is 6.82 Å². The molecule has 0 aromatic carbocycles. The molecule has 0 amide bonds. The van der Waals surface area contributed by atoms with Gasteiger partial charge < -0.3 is 57.8 Å². The minimum Gasteiger partial charge on any atom is -1.00 e. The van der Waals surface area contributed by atoms with Gasteiger partial charge in [0.05, 0.1) is 34.3 Å². The van der Waals surface area contributed by atoms with Crippen molar-refractivity contribution in [3.63, 3.8) is 0 Å². The van der Waals surface area contributed by atoms with Gasteiger partial charge >= 0.3 is 26.9 Å². The molecule has 0 saturated heterocycles. The number of nitrogens with zero attached hydrogens (tertiary/aromatic N) is 6. The third-order valence-electron chi connectivity index (χ3n) is 5.62. The molecule has 3 aliphatic carbocycles. The van der Waals surface area contributed by atoms with Crippen molar-refractivity contribution in [1.82, 2.24) is 0 Å². The van der Waals surface area contributed by atoms with Crippen molar-refractivity contribution in [2.45, 2.75) is 83.9 Å². The van der Waals surface area contributed by atoms with Crippen molar-refractivity contribution >= 4 is 41.0 Å². The van der Waals surface area contributed by atoms with Gasteiger partial charge in [0.15, 0.2) is 0 Å². The molecular weight excluding hydrogens is 553 g/mol. The van der Waals surface area contributed by atoms with Crippen molar-refractivity contribution in [1.29, 1.82) is 0 Å². The van der Waals surface area contributed by atoms with Gasteiger partial charge in [0, 0.05) is 0 Å². The van der Waals surface area contributed by atoms with Crippen molar-refractivity contribution in [3.05, 3.63) is 15.6 Å². The number of hydrogen-bond acceptors (Lipinski definition) is 12. The van der Waals surface area contributed by atoms with E-state index in [4.69, 9.17) is 14.3 Å². The summed E-state index contributed by atoms with van der Waals surface area (Å²) in [5.74, 6) is 0. The largest absolute Gasteiger partial charge is 5.00 e. The Hall–Kier alpha value is -2.18. The molecule has 12 nitrogen and oxygen atoms in total. The van der Waals surface area contributed by atoms with Crippen molar-refractivity contribution < 1.29 is 46.8 Å². The Morgan fingerprint density at radius 1 is 0.529 bits per heavy atom. The van der Waals surface area contributed by atoms with Crippen LogP contribution in [-0.2, 0) is 34.4 Å². The zero-order valence-corrected chi connectivity index (χ0v) is 21.6. The summed E-state index contributed by atoms with van der Waals surface area (Å²) in [5, 5.41) is 54.5. The van der Waals surface area contributed by atoms with E-state index < -0.39 is 6.75 Å². The summed E-state index contributed by atoms with van der Waals surface area (Å²) in [6.45, 7) is -1.24. The van der Waals surface area contributed by atoms with Gasteiger partial charge in [-0.15, -0.1) is 15.5 Å². The molecule has 0 unspecified atom stereocenters. The topological polar surface area (TPSA) is 171 Å². The fourth-order valence-electron chi connectivity index (χ4n) is 3.75. The van der Waals surface area contributed by atoms with Crippen LogP contribution in [0.2, 0.25) is 6.82 Å². The summed E-state index contributed by atoms with van der Waals surface area (Å²) in [5.41, 5.74) is 2.25. The smallest absolute Gasteiger partial charge is 1.00 e. The first-order valence-corrected chi connectivity index (χ1v) is 11.1. The zero-order chi connectivity index (χ0) is 22.8. The van der Waals surface area contributed by atoms with Gasteiger partial charge in [-0.25, -0.2) is 0 Å². The van der Waals surface area contributed by atoms with Crippen LogP contribution in [0.5, 0.6) is 0 Å². The Morgan fingerprint density at radius 2 is 0.765 bits per heavy atom. The second-order valence-corrected chi connectivity index (χ2v) is 8.16. The standard InChI is InChI=1S/C19H30BN6O6.ClH.Tc/c1-20(30-24-17-11-5-2-8-14(17)21-27,31-25-18-12-6-3-9-15(18)22-28)32-26-19-13-7-4-10-16(19)23-29;;/h27-29H,2-13H2,1H3;1H;/q-1;;+5/p-4/b21-14-,22-15-,23-16-,24-17+,25-18+,26-19+;;/i;;1+1. The van der Waals surface area contributed by atoms with E-state index >= 15 is 0 Å². The van der Waals surface area contributed by atoms with Crippen LogP contribution >= 0.6 is 0 Å². The van der Waals surface area contributed by atoms with Gasteiger partial charge in [0.2, 0.25) is 0 Å². The molecule has 0 heterocycles. The third kappa shape index (κ3) is 8.24. The molecule has 3 fully saturated rings. The van der Waals surface area contributed by atoms with Gasteiger partial charge in [0.25, 0.3) is 0 Å². The molecule has 0 N–H and O–H groups in total. The quantitative estimate of drug-likeness (QED) is 0.338. The predicted molar refractivity (Wildman–Crippen MR) is 125 cm³/mol. The SMILES string of the molecule is C[B-](O/N=C1\CCCC\C1=N\[O-])(O/N=C1\CCCC\C1=N\[O-])O/N=C1\CCCC\C1=N\[O-].[99Tc+5].[Cl-]. The third-order valence-corrected chi connectivity index (χ3v) is 5.62. The van der Waals surface area contributed by atoms with E-state index in [2.05, 4.69) is 30.9 Å². The molecule has 0 radical (unpaired) electrons. The van der Waals surface area contributed by atoms with E-state index in [1.807, 2.05) is 0 Å². The summed E-state index contributed by atoms with van der Waals surface area (Å²) < 4.78 is 16.7. The normalized spacial score (nSPS) is 26.4. The fourth-order valence-corrected chi connectivity index (χ4v) is 3.75. The van der Waals surface area contributed by atoms with Crippen molar-refractivity contribution in [2.24, 2.45) is 30.9 Å². The van der Waals surface area contributed by atoms with Crippen LogP contribution < -0.4 is 12.4 Å². The maximum absolute atomic E-state index is 11.1. The molecule has 0 spiro atoms. The Kier molecular flexibility index (Phi) is 13.1. The van der Waals surface area contributed by atoms with E-state index in [1.54, 1.807) is 0 Å². The minimum atomic E-state index is -2.70. The first-order valence-electron chi connectivity index (χ1n) is 11.1. The molecule has 15 heteroatoms. The molecular formula is C19H27BClN6O6Tc. The van der Waals surface area contributed by atoms with Gasteiger partial charge in [-0.1, -0.05) is 6.82 Å². The average molecular weight is 581 g/mol. The number of hydrogen-bond donors (Lipinski definition) is 0. The molecule has 3 rings (SSSR count). The van der Waals surface area contributed by atoms with E-state index in [9.17, 15) is 15.6 Å². The maximum Gasteiger partial charge on any atom is 5.00 e. The van der Waals surface area contributed by atoms with Gasteiger partial charge in [-0.3, -0.25) is 0 Å². The molecule has 0 aliphatic heterocycles. The summed E-state index contributed by atoms with van der Waals surface area (Å²) in [7, 11) is 0. The van der Waals surface area contributed by atoms with Crippen LogP contribution in [0.4, 0.5) is 0 Å². The average Bonchev–Trinajstić information content (AvgIpc) is 2.85. The summed E-state index contributed by atoms with van der Waals surface area (Å²) in [6.07, 6.45) is 8.29. The summed E-state index contributed by atoms with van der Waals surface area (Å²) in [6, 6.07) is 0. The minimum absolute atomic E-state index is 0. The Morgan fingerprint density at radius 3 is 1.00 bits per heavy atom. The molecule has 186 valence electrons. The monoisotopic (exact) mass is 580 g/mol. The Labute approximate surface area is 218 Å². The van der Waals surface area contributed by atoms with E-state index in [-0.39, 0.29) is 32.5 Å². The summed E-state index contributed by atoms with van der Waals surface area (Å²) in [4.78, 5) is 0. The molecule has 0 atom stereocenters. The Balaban J connectivity index is 0.00000289. The second-order valence-electron chi connectivity index (χ2n) is 8.16. The fraction of sp³-hybridized carbons (Fsp3) is 0.684. The number of oxime groups is 3. The summed E-state index contributed by atoms with van der Waals surface area (Å²) >= 11 is 0. The first kappa shape index (κ1) is 29.9. The molecule has 0 aromatic rings. The molecule has 3 saturated carbocycles. The van der Waals surface area contributed by atoms with Crippen LogP contribution in [0, 0.1) is 15.6 Å². The second kappa shape index (κ2) is 15.0. The van der Waals surface area contributed by atoms with Crippen LogP contribution in [0.25, 0.3) is 0 Å². The zero-order valence-electron chi connectivity index (χ0n) is 19.0. The van der Waals surface area contributed by atoms with Gasteiger partial charge in [-0.2, -0.15) is 0 Å². The van der Waals surface area contributed by atoms with Crippen molar-refractivity contribution in [3.8, 4) is 0 Å². The Bertz CT molecular complexity index is 759. The molecule has 34 heavy (non-hydrogen) atoms. The van der Waals surface area contributed by atoms with Crippen LogP contribution in [0.3, 0.4) is 0 Å². The van der Waals surface area contributed by atoms with Crippen LogP contribution in [-0.4, -0.2) is 41.0 Å². The molecule has 0 aromatic heterocycles.